The maximum atomic E-state index is 10.6. The van der Waals surface area contributed by atoms with Crippen LogP contribution in [0.5, 0.6) is 5.75 Å². The van der Waals surface area contributed by atoms with E-state index in [2.05, 4.69) is 63.2 Å². The molecule has 3 aromatic carbocycles. The van der Waals surface area contributed by atoms with Crippen molar-refractivity contribution in [1.29, 1.82) is 0 Å². The molecule has 0 bridgehead atoms. The van der Waals surface area contributed by atoms with Crippen LogP contribution in [0.3, 0.4) is 0 Å². The van der Waals surface area contributed by atoms with Crippen LogP contribution in [0.25, 0.3) is 21.9 Å². The second kappa shape index (κ2) is 5.17. The molecule has 0 saturated carbocycles. The van der Waals surface area contributed by atoms with Crippen molar-refractivity contribution in [2.75, 3.05) is 0 Å². The van der Waals surface area contributed by atoms with Gasteiger partial charge in [0.25, 0.3) is 0 Å². The minimum atomic E-state index is 0.0534. The number of benzene rings is 3. The molecule has 1 nitrogen and oxygen atoms in total. The highest BCUT2D eigenvalue weighted by Gasteiger charge is 2.18. The van der Waals surface area contributed by atoms with Gasteiger partial charge in [-0.1, -0.05) is 69.3 Å². The Kier molecular flexibility index (Phi) is 3.44. The molecule has 3 rings (SSSR count). The van der Waals surface area contributed by atoms with E-state index < -0.39 is 0 Å². The Hall–Kier alpha value is -2.28. The molecule has 0 atom stereocenters. The van der Waals surface area contributed by atoms with Crippen LogP contribution in [-0.2, 0) is 5.41 Å². The Morgan fingerprint density at radius 1 is 0.818 bits per heavy atom. The molecule has 0 heterocycles. The zero-order valence-electron chi connectivity index (χ0n) is 13.6. The predicted molar refractivity (Wildman–Crippen MR) is 94.5 cm³/mol. The molecule has 0 aliphatic carbocycles. The molecule has 0 saturated heterocycles. The van der Waals surface area contributed by atoms with E-state index in [0.717, 1.165) is 16.7 Å². The third-order valence-electron chi connectivity index (χ3n) is 4.25. The number of hydrogen-bond acceptors (Lipinski definition) is 1. The summed E-state index contributed by atoms with van der Waals surface area (Å²) in [4.78, 5) is 0. The zero-order chi connectivity index (χ0) is 15.9. The highest BCUT2D eigenvalue weighted by molar-refractivity contribution is 5.98. The number of fused-ring (bicyclic) bond motifs is 1. The van der Waals surface area contributed by atoms with E-state index in [4.69, 9.17) is 0 Å². The van der Waals surface area contributed by atoms with Crippen molar-refractivity contribution < 1.29 is 5.11 Å². The van der Waals surface area contributed by atoms with Crippen molar-refractivity contribution in [3.8, 4) is 16.9 Å². The summed E-state index contributed by atoms with van der Waals surface area (Å²) < 4.78 is 0. The van der Waals surface area contributed by atoms with Gasteiger partial charge in [-0.05, 0) is 45.9 Å². The van der Waals surface area contributed by atoms with Gasteiger partial charge in [0.1, 0.15) is 5.75 Å². The van der Waals surface area contributed by atoms with Crippen LogP contribution in [-0.4, -0.2) is 5.11 Å². The fourth-order valence-corrected chi connectivity index (χ4v) is 2.88. The van der Waals surface area contributed by atoms with Gasteiger partial charge < -0.3 is 5.11 Å². The lowest BCUT2D eigenvalue weighted by molar-refractivity contribution is 0.472. The Bertz CT molecular complexity index is 833. The standard InChI is InChI=1S/C21H22O/c1-14-12-16(21(2,3)4)13-19(20(14)22)18-11-7-9-15-8-5-6-10-17(15)18/h5-13,22H,1-4H3. The fraction of sp³-hybridized carbons (Fsp3) is 0.238. The normalized spacial score (nSPS) is 11.8. The summed E-state index contributed by atoms with van der Waals surface area (Å²) in [6, 6.07) is 18.8. The lowest BCUT2D eigenvalue weighted by Crippen LogP contribution is -2.11. The molecular weight excluding hydrogens is 268 g/mol. The molecule has 0 spiro atoms. The average molecular weight is 290 g/mol. The first kappa shape index (κ1) is 14.6. The molecule has 1 heteroatoms. The number of phenolic OH excluding ortho intramolecular Hbond substituents is 1. The molecular formula is C21H22O. The first-order valence-electron chi connectivity index (χ1n) is 7.70. The molecule has 0 unspecified atom stereocenters. The number of aromatic hydroxyl groups is 1. The molecule has 0 aliphatic heterocycles. The summed E-state index contributed by atoms with van der Waals surface area (Å²) in [7, 11) is 0. The van der Waals surface area contributed by atoms with Crippen LogP contribution in [0, 0.1) is 6.92 Å². The minimum absolute atomic E-state index is 0.0534. The highest BCUT2D eigenvalue weighted by atomic mass is 16.3. The molecule has 0 amide bonds. The minimum Gasteiger partial charge on any atom is -0.507 e. The number of phenols is 1. The quantitative estimate of drug-likeness (QED) is 0.599. The van der Waals surface area contributed by atoms with Gasteiger partial charge in [-0.15, -0.1) is 0 Å². The Balaban J connectivity index is 2.33. The lowest BCUT2D eigenvalue weighted by Gasteiger charge is -2.22. The molecule has 22 heavy (non-hydrogen) atoms. The van der Waals surface area contributed by atoms with Crippen molar-refractivity contribution in [1.82, 2.24) is 0 Å². The SMILES string of the molecule is Cc1cc(C(C)(C)C)cc(-c2cccc3ccccc23)c1O. The van der Waals surface area contributed by atoms with Gasteiger partial charge in [-0.25, -0.2) is 0 Å². The molecule has 112 valence electrons. The van der Waals surface area contributed by atoms with Gasteiger partial charge in [0.15, 0.2) is 0 Å². The molecule has 0 radical (unpaired) electrons. The van der Waals surface area contributed by atoms with Crippen molar-refractivity contribution in [2.24, 2.45) is 0 Å². The van der Waals surface area contributed by atoms with Crippen molar-refractivity contribution >= 4 is 10.8 Å². The highest BCUT2D eigenvalue weighted by Crippen LogP contribution is 2.39. The number of hydrogen-bond donors (Lipinski definition) is 1. The summed E-state index contributed by atoms with van der Waals surface area (Å²) in [6.45, 7) is 8.57. The maximum Gasteiger partial charge on any atom is 0.126 e. The van der Waals surface area contributed by atoms with E-state index in [1.165, 1.54) is 16.3 Å². The largest absolute Gasteiger partial charge is 0.507 e. The summed E-state index contributed by atoms with van der Waals surface area (Å²) in [6.07, 6.45) is 0. The van der Waals surface area contributed by atoms with Gasteiger partial charge in [0.05, 0.1) is 0 Å². The van der Waals surface area contributed by atoms with Crippen LogP contribution in [0.1, 0.15) is 31.9 Å². The second-order valence-corrected chi connectivity index (χ2v) is 6.97. The summed E-state index contributed by atoms with van der Waals surface area (Å²) in [5, 5.41) is 13.0. The van der Waals surface area contributed by atoms with Crippen LogP contribution < -0.4 is 0 Å². The summed E-state index contributed by atoms with van der Waals surface area (Å²) >= 11 is 0. The third kappa shape index (κ3) is 2.48. The van der Waals surface area contributed by atoms with E-state index in [1.807, 2.05) is 19.1 Å². The van der Waals surface area contributed by atoms with Gasteiger partial charge in [-0.2, -0.15) is 0 Å². The average Bonchev–Trinajstić information content (AvgIpc) is 2.48. The predicted octanol–water partition coefficient (Wildman–Crippen LogP) is 5.82. The Morgan fingerprint density at radius 3 is 2.23 bits per heavy atom. The summed E-state index contributed by atoms with van der Waals surface area (Å²) in [5.41, 5.74) is 4.23. The van der Waals surface area contributed by atoms with Crippen molar-refractivity contribution in [3.05, 3.63) is 65.7 Å². The first-order chi connectivity index (χ1) is 10.4. The molecule has 0 fully saturated rings. The van der Waals surface area contributed by atoms with E-state index in [1.54, 1.807) is 0 Å². The maximum absolute atomic E-state index is 10.6. The third-order valence-corrected chi connectivity index (χ3v) is 4.25. The smallest absolute Gasteiger partial charge is 0.126 e. The van der Waals surface area contributed by atoms with Crippen molar-refractivity contribution in [2.45, 2.75) is 33.1 Å². The van der Waals surface area contributed by atoms with E-state index in [9.17, 15) is 5.11 Å². The number of rotatable bonds is 1. The number of aryl methyl sites for hydroxylation is 1. The van der Waals surface area contributed by atoms with Crippen LogP contribution in [0.4, 0.5) is 0 Å². The van der Waals surface area contributed by atoms with Gasteiger partial charge in [0, 0.05) is 5.56 Å². The second-order valence-electron chi connectivity index (χ2n) is 6.97. The monoisotopic (exact) mass is 290 g/mol. The fourth-order valence-electron chi connectivity index (χ4n) is 2.88. The van der Waals surface area contributed by atoms with E-state index in [0.29, 0.717) is 5.75 Å². The molecule has 1 N–H and O–H groups in total. The topological polar surface area (TPSA) is 20.2 Å². The van der Waals surface area contributed by atoms with E-state index in [-0.39, 0.29) is 5.41 Å². The molecule has 3 aromatic rings. The van der Waals surface area contributed by atoms with E-state index >= 15 is 0 Å². The van der Waals surface area contributed by atoms with Gasteiger partial charge >= 0.3 is 0 Å². The zero-order valence-corrected chi connectivity index (χ0v) is 13.6. The van der Waals surface area contributed by atoms with Crippen LogP contribution in [0.2, 0.25) is 0 Å². The van der Waals surface area contributed by atoms with Gasteiger partial charge in [-0.3, -0.25) is 0 Å². The van der Waals surface area contributed by atoms with Crippen molar-refractivity contribution in [3.63, 3.8) is 0 Å². The Labute approximate surface area is 132 Å². The molecule has 0 aromatic heterocycles. The lowest BCUT2D eigenvalue weighted by atomic mass is 9.83. The molecule has 0 aliphatic rings. The van der Waals surface area contributed by atoms with Crippen LogP contribution in [0.15, 0.2) is 54.6 Å². The first-order valence-corrected chi connectivity index (χ1v) is 7.70. The van der Waals surface area contributed by atoms with Gasteiger partial charge in [0.2, 0.25) is 0 Å². The summed E-state index contributed by atoms with van der Waals surface area (Å²) in [5.74, 6) is 0.379. The Morgan fingerprint density at radius 2 is 1.50 bits per heavy atom. The van der Waals surface area contributed by atoms with Crippen LogP contribution >= 0.6 is 0 Å².